The van der Waals surface area contributed by atoms with Gasteiger partial charge in [-0.15, -0.1) is 22.7 Å². The van der Waals surface area contributed by atoms with Crippen LogP contribution in [0.15, 0.2) is 37.9 Å². The highest BCUT2D eigenvalue weighted by molar-refractivity contribution is 9.11. The lowest BCUT2D eigenvalue weighted by Crippen LogP contribution is -2.20. The van der Waals surface area contributed by atoms with E-state index in [0.29, 0.717) is 0 Å². The minimum atomic E-state index is 0.257. The summed E-state index contributed by atoms with van der Waals surface area (Å²) >= 11 is 10.9. The van der Waals surface area contributed by atoms with E-state index in [4.69, 9.17) is 0 Å². The van der Waals surface area contributed by atoms with Gasteiger partial charge in [0, 0.05) is 14.0 Å². The molecule has 0 saturated carbocycles. The number of halogens is 2. The zero-order valence-electron chi connectivity index (χ0n) is 11.7. The summed E-state index contributed by atoms with van der Waals surface area (Å²) in [5.41, 5.74) is 2.67. The second kappa shape index (κ2) is 6.50. The van der Waals surface area contributed by atoms with Gasteiger partial charge in [-0.25, -0.2) is 0 Å². The van der Waals surface area contributed by atoms with Crippen molar-refractivity contribution in [3.8, 4) is 0 Å². The molecular weight excluding hydrogens is 430 g/mol. The van der Waals surface area contributed by atoms with Crippen molar-refractivity contribution in [3.05, 3.63) is 53.9 Å². The van der Waals surface area contributed by atoms with E-state index in [2.05, 4.69) is 80.7 Å². The fourth-order valence-electron chi connectivity index (χ4n) is 2.46. The van der Waals surface area contributed by atoms with Crippen molar-refractivity contribution < 1.29 is 0 Å². The number of hydrogen-bond donors (Lipinski definition) is 1. The fourth-order valence-corrected chi connectivity index (χ4v) is 5.77. The highest BCUT2D eigenvalue weighted by Crippen LogP contribution is 2.40. The third kappa shape index (κ3) is 2.99. The van der Waals surface area contributed by atoms with E-state index < -0.39 is 0 Å². The predicted molar refractivity (Wildman–Crippen MR) is 102 cm³/mol. The van der Waals surface area contributed by atoms with E-state index in [1.165, 1.54) is 34.3 Å². The van der Waals surface area contributed by atoms with E-state index in [1.807, 2.05) is 11.3 Å². The molecule has 2 heterocycles. The van der Waals surface area contributed by atoms with Gasteiger partial charge in [-0.3, -0.25) is 0 Å². The van der Waals surface area contributed by atoms with E-state index in [1.54, 1.807) is 11.3 Å². The number of benzene rings is 1. The van der Waals surface area contributed by atoms with Crippen molar-refractivity contribution in [1.82, 2.24) is 5.32 Å². The Labute approximate surface area is 149 Å². The Hall–Kier alpha value is -0.200. The zero-order chi connectivity index (χ0) is 15.0. The number of fused-ring (bicyclic) bond motifs is 1. The van der Waals surface area contributed by atoms with Gasteiger partial charge in [0.2, 0.25) is 0 Å². The smallest absolute Gasteiger partial charge is 0.0731 e. The molecule has 1 unspecified atom stereocenters. The van der Waals surface area contributed by atoms with Crippen molar-refractivity contribution in [1.29, 1.82) is 0 Å². The molecule has 0 aliphatic rings. The normalized spacial score (nSPS) is 13.0. The molecule has 0 aliphatic carbocycles. The van der Waals surface area contributed by atoms with Gasteiger partial charge in [-0.2, -0.15) is 0 Å². The lowest BCUT2D eigenvalue weighted by Gasteiger charge is -2.16. The van der Waals surface area contributed by atoms with Gasteiger partial charge in [0.1, 0.15) is 0 Å². The second-order valence-corrected chi connectivity index (χ2v) is 9.04. The molecule has 1 atom stereocenters. The first kappa shape index (κ1) is 15.7. The maximum absolute atomic E-state index is 3.66. The lowest BCUT2D eigenvalue weighted by molar-refractivity contribution is 0.644. The second-order valence-electron chi connectivity index (χ2n) is 4.90. The van der Waals surface area contributed by atoms with Gasteiger partial charge in [-0.1, -0.05) is 19.1 Å². The van der Waals surface area contributed by atoms with Crippen LogP contribution in [0.2, 0.25) is 0 Å². The van der Waals surface area contributed by atoms with E-state index >= 15 is 0 Å². The molecule has 0 amide bonds. The molecule has 0 saturated heterocycles. The standard InChI is InChI=1S/C16H15Br2NS2/c1-3-19-14(13-7-9(2)16(18)21-13)11-8-20-15-10(11)5-4-6-12(15)17/h4-8,14,19H,3H2,1-2H3. The summed E-state index contributed by atoms with van der Waals surface area (Å²) in [6.45, 7) is 5.26. The van der Waals surface area contributed by atoms with Crippen LogP contribution in [0, 0.1) is 6.92 Å². The highest BCUT2D eigenvalue weighted by atomic mass is 79.9. The predicted octanol–water partition coefficient (Wildman–Crippen LogP) is 6.50. The van der Waals surface area contributed by atoms with Gasteiger partial charge in [0.15, 0.2) is 0 Å². The average Bonchev–Trinajstić information content (AvgIpc) is 3.02. The summed E-state index contributed by atoms with van der Waals surface area (Å²) in [5.74, 6) is 0. The third-order valence-electron chi connectivity index (χ3n) is 3.46. The molecule has 0 spiro atoms. The molecular formula is C16H15Br2NS2. The summed E-state index contributed by atoms with van der Waals surface area (Å²) < 4.78 is 3.72. The Balaban J connectivity index is 2.13. The summed E-state index contributed by atoms with van der Waals surface area (Å²) in [7, 11) is 0. The molecule has 2 aromatic heterocycles. The molecule has 1 N–H and O–H groups in total. The summed E-state index contributed by atoms with van der Waals surface area (Å²) in [6.07, 6.45) is 0. The molecule has 0 fully saturated rings. The molecule has 110 valence electrons. The fraction of sp³-hybridized carbons (Fsp3) is 0.250. The van der Waals surface area contributed by atoms with Gasteiger partial charge in [-0.05, 0) is 79.4 Å². The van der Waals surface area contributed by atoms with Crippen molar-refractivity contribution in [3.63, 3.8) is 0 Å². The van der Waals surface area contributed by atoms with Crippen LogP contribution in [0.1, 0.15) is 29.0 Å². The Bertz CT molecular complexity index is 756. The quantitative estimate of drug-likeness (QED) is 0.484. The van der Waals surface area contributed by atoms with Crippen LogP contribution >= 0.6 is 54.5 Å². The maximum atomic E-state index is 3.66. The molecule has 21 heavy (non-hydrogen) atoms. The Morgan fingerprint density at radius 2 is 2.10 bits per heavy atom. The number of aryl methyl sites for hydroxylation is 1. The van der Waals surface area contributed by atoms with E-state index in [-0.39, 0.29) is 6.04 Å². The summed E-state index contributed by atoms with van der Waals surface area (Å²) in [5, 5.41) is 7.25. The largest absolute Gasteiger partial charge is 0.306 e. The average molecular weight is 445 g/mol. The molecule has 0 aliphatic heterocycles. The molecule has 3 aromatic rings. The number of rotatable bonds is 4. The number of thiophene rings is 2. The van der Waals surface area contributed by atoms with Crippen LogP contribution in [0.3, 0.4) is 0 Å². The minimum absolute atomic E-state index is 0.257. The monoisotopic (exact) mass is 443 g/mol. The van der Waals surface area contributed by atoms with Crippen LogP contribution in [0.25, 0.3) is 10.1 Å². The minimum Gasteiger partial charge on any atom is -0.306 e. The molecule has 1 aromatic carbocycles. The van der Waals surface area contributed by atoms with Gasteiger partial charge in [0.25, 0.3) is 0 Å². The van der Waals surface area contributed by atoms with Crippen molar-refractivity contribution >= 4 is 64.6 Å². The Kier molecular flexibility index (Phi) is 4.86. The van der Waals surface area contributed by atoms with Crippen molar-refractivity contribution in [2.24, 2.45) is 0 Å². The summed E-state index contributed by atoms with van der Waals surface area (Å²) in [4.78, 5) is 1.36. The lowest BCUT2D eigenvalue weighted by atomic mass is 10.0. The van der Waals surface area contributed by atoms with Crippen LogP contribution in [0.4, 0.5) is 0 Å². The molecule has 0 radical (unpaired) electrons. The SMILES string of the molecule is CCNC(c1cc(C)c(Br)s1)c1csc2c(Br)cccc12. The van der Waals surface area contributed by atoms with E-state index in [9.17, 15) is 0 Å². The molecule has 3 rings (SSSR count). The van der Waals surface area contributed by atoms with Gasteiger partial charge in [0.05, 0.1) is 9.83 Å². The Morgan fingerprint density at radius 3 is 2.76 bits per heavy atom. The molecule has 1 nitrogen and oxygen atoms in total. The van der Waals surface area contributed by atoms with Crippen molar-refractivity contribution in [2.45, 2.75) is 19.9 Å². The first-order valence-corrected chi connectivity index (χ1v) is 10.0. The van der Waals surface area contributed by atoms with Crippen LogP contribution in [0.5, 0.6) is 0 Å². The Morgan fingerprint density at radius 1 is 1.29 bits per heavy atom. The van der Waals surface area contributed by atoms with Gasteiger partial charge < -0.3 is 5.32 Å². The topological polar surface area (TPSA) is 12.0 Å². The third-order valence-corrected chi connectivity index (χ3v) is 7.63. The van der Waals surface area contributed by atoms with Crippen LogP contribution in [-0.2, 0) is 0 Å². The van der Waals surface area contributed by atoms with Crippen LogP contribution in [-0.4, -0.2) is 6.54 Å². The zero-order valence-corrected chi connectivity index (χ0v) is 16.5. The first-order valence-electron chi connectivity index (χ1n) is 6.76. The molecule has 0 bridgehead atoms. The van der Waals surface area contributed by atoms with Gasteiger partial charge >= 0.3 is 0 Å². The number of hydrogen-bond acceptors (Lipinski definition) is 3. The molecule has 5 heteroatoms. The first-order chi connectivity index (χ1) is 10.1. The van der Waals surface area contributed by atoms with Crippen LogP contribution < -0.4 is 5.32 Å². The van der Waals surface area contributed by atoms with Crippen molar-refractivity contribution in [2.75, 3.05) is 6.54 Å². The van der Waals surface area contributed by atoms with E-state index in [0.717, 1.165) is 6.54 Å². The maximum Gasteiger partial charge on any atom is 0.0731 e. The number of nitrogens with one attached hydrogen (secondary N) is 1. The highest BCUT2D eigenvalue weighted by Gasteiger charge is 2.20. The summed E-state index contributed by atoms with van der Waals surface area (Å²) in [6, 6.07) is 8.97.